The van der Waals surface area contributed by atoms with Gasteiger partial charge in [0.2, 0.25) is 0 Å². The SMILES string of the molecule is COc1ccc(Cn2c(=O)c3c(Cc4cccc(Cl)c4C)cc(=O)n(C)c3n(-c3ccc(I)cc3F)c2=O)cc1. The second kappa shape index (κ2) is 11.1. The first-order chi connectivity index (χ1) is 19.1. The number of aromatic nitrogens is 3. The van der Waals surface area contributed by atoms with Gasteiger partial charge in [0.1, 0.15) is 17.2 Å². The van der Waals surface area contributed by atoms with Gasteiger partial charge in [-0.15, -0.1) is 0 Å². The smallest absolute Gasteiger partial charge is 0.337 e. The van der Waals surface area contributed by atoms with Gasteiger partial charge in [-0.25, -0.2) is 13.8 Å². The maximum Gasteiger partial charge on any atom is 0.337 e. The number of halogens is 3. The summed E-state index contributed by atoms with van der Waals surface area (Å²) in [6.07, 6.45) is 0.212. The molecule has 2 heterocycles. The molecule has 0 aliphatic carbocycles. The number of rotatable bonds is 6. The minimum Gasteiger partial charge on any atom is -0.497 e. The third-order valence-corrected chi connectivity index (χ3v) is 8.08. The van der Waals surface area contributed by atoms with Crippen molar-refractivity contribution in [3.63, 3.8) is 0 Å². The average Bonchev–Trinajstić information content (AvgIpc) is 2.93. The van der Waals surface area contributed by atoms with Crippen LogP contribution in [-0.2, 0) is 20.0 Å². The predicted octanol–water partition coefficient (Wildman–Crippen LogP) is 5.20. The summed E-state index contributed by atoms with van der Waals surface area (Å²) in [4.78, 5) is 41.3. The molecule has 0 saturated carbocycles. The van der Waals surface area contributed by atoms with Crippen molar-refractivity contribution in [1.82, 2.24) is 13.7 Å². The lowest BCUT2D eigenvalue weighted by molar-refractivity contribution is 0.414. The Hall–Kier alpha value is -3.70. The number of fused-ring (bicyclic) bond motifs is 1. The molecule has 40 heavy (non-hydrogen) atoms. The fourth-order valence-corrected chi connectivity index (χ4v) is 5.43. The van der Waals surface area contributed by atoms with Crippen LogP contribution in [0.5, 0.6) is 5.75 Å². The summed E-state index contributed by atoms with van der Waals surface area (Å²) in [6, 6.07) is 18.2. The number of ether oxygens (including phenoxy) is 1. The molecule has 0 amide bonds. The van der Waals surface area contributed by atoms with E-state index in [4.69, 9.17) is 16.3 Å². The summed E-state index contributed by atoms with van der Waals surface area (Å²) in [6.45, 7) is 1.79. The largest absolute Gasteiger partial charge is 0.497 e. The molecule has 3 aromatic carbocycles. The Morgan fingerprint density at radius 2 is 1.70 bits per heavy atom. The van der Waals surface area contributed by atoms with Crippen LogP contribution in [0, 0.1) is 16.3 Å². The molecule has 10 heteroatoms. The highest BCUT2D eigenvalue weighted by Crippen LogP contribution is 2.25. The van der Waals surface area contributed by atoms with Gasteiger partial charge >= 0.3 is 5.69 Å². The van der Waals surface area contributed by atoms with Crippen molar-refractivity contribution in [2.75, 3.05) is 7.11 Å². The molecule has 0 radical (unpaired) electrons. The molecule has 0 N–H and O–H groups in total. The Morgan fingerprint density at radius 3 is 2.38 bits per heavy atom. The molecule has 0 fully saturated rings. The van der Waals surface area contributed by atoms with Crippen LogP contribution in [0.25, 0.3) is 16.7 Å². The van der Waals surface area contributed by atoms with Crippen LogP contribution in [0.4, 0.5) is 4.39 Å². The third kappa shape index (κ3) is 4.99. The predicted molar refractivity (Wildman–Crippen MR) is 163 cm³/mol. The van der Waals surface area contributed by atoms with Crippen LogP contribution >= 0.6 is 34.2 Å². The van der Waals surface area contributed by atoms with E-state index in [-0.39, 0.29) is 29.7 Å². The Kier molecular flexibility index (Phi) is 7.70. The highest BCUT2D eigenvalue weighted by molar-refractivity contribution is 14.1. The molecule has 0 atom stereocenters. The van der Waals surface area contributed by atoms with Crippen molar-refractivity contribution < 1.29 is 9.13 Å². The molecule has 0 unspecified atom stereocenters. The normalized spacial score (nSPS) is 11.2. The molecule has 0 aliphatic heterocycles. The Labute approximate surface area is 247 Å². The molecular weight excluding hydrogens is 648 g/mol. The first kappa shape index (κ1) is 27.9. The lowest BCUT2D eigenvalue weighted by Crippen LogP contribution is -2.42. The van der Waals surface area contributed by atoms with Crippen molar-refractivity contribution in [2.24, 2.45) is 7.05 Å². The summed E-state index contributed by atoms with van der Waals surface area (Å²) in [5, 5.41) is 0.702. The maximum absolute atomic E-state index is 15.4. The summed E-state index contributed by atoms with van der Waals surface area (Å²) in [5.74, 6) is -0.0318. The number of nitrogens with zero attached hydrogens (tertiary/aromatic N) is 3. The molecule has 0 saturated heterocycles. The van der Waals surface area contributed by atoms with Crippen molar-refractivity contribution >= 4 is 45.2 Å². The van der Waals surface area contributed by atoms with Crippen LogP contribution in [0.3, 0.4) is 0 Å². The second-order valence-corrected chi connectivity index (χ2v) is 11.1. The Morgan fingerprint density at radius 1 is 0.975 bits per heavy atom. The topological polar surface area (TPSA) is 75.2 Å². The molecule has 0 spiro atoms. The summed E-state index contributed by atoms with van der Waals surface area (Å²) < 4.78 is 24.6. The van der Waals surface area contributed by atoms with Crippen LogP contribution in [0.15, 0.2) is 81.1 Å². The van der Waals surface area contributed by atoms with Crippen LogP contribution in [0.2, 0.25) is 5.02 Å². The minimum atomic E-state index is -0.764. The third-order valence-electron chi connectivity index (χ3n) is 6.99. The lowest BCUT2D eigenvalue weighted by atomic mass is 9.99. The van der Waals surface area contributed by atoms with Crippen LogP contribution < -0.4 is 21.5 Å². The van der Waals surface area contributed by atoms with Gasteiger partial charge in [0.15, 0.2) is 0 Å². The van der Waals surface area contributed by atoms with Crippen molar-refractivity contribution in [1.29, 1.82) is 0 Å². The van der Waals surface area contributed by atoms with E-state index < -0.39 is 22.6 Å². The average molecular weight is 672 g/mol. The molecule has 204 valence electrons. The van der Waals surface area contributed by atoms with E-state index in [0.29, 0.717) is 25.5 Å². The van der Waals surface area contributed by atoms with Crippen molar-refractivity contribution in [2.45, 2.75) is 19.9 Å². The molecule has 5 rings (SSSR count). The van der Waals surface area contributed by atoms with Gasteiger partial charge in [-0.3, -0.25) is 18.7 Å². The first-order valence-electron chi connectivity index (χ1n) is 12.3. The van der Waals surface area contributed by atoms with Gasteiger partial charge in [0, 0.05) is 21.7 Å². The zero-order valence-electron chi connectivity index (χ0n) is 21.9. The van der Waals surface area contributed by atoms with Gasteiger partial charge < -0.3 is 4.74 Å². The fourth-order valence-electron chi connectivity index (χ4n) is 4.78. The number of methoxy groups -OCH3 is 1. The van der Waals surface area contributed by atoms with E-state index in [9.17, 15) is 14.4 Å². The maximum atomic E-state index is 15.4. The first-order valence-corrected chi connectivity index (χ1v) is 13.8. The van der Waals surface area contributed by atoms with Gasteiger partial charge in [-0.05, 0) is 94.6 Å². The molecule has 5 aromatic rings. The number of benzene rings is 3. The number of pyridine rings is 1. The lowest BCUT2D eigenvalue weighted by Gasteiger charge is -2.19. The van der Waals surface area contributed by atoms with E-state index in [1.54, 1.807) is 49.6 Å². The molecule has 0 bridgehead atoms. The van der Waals surface area contributed by atoms with Crippen molar-refractivity contribution in [3.05, 3.63) is 135 Å². The standard InChI is InChI=1S/C30H24ClFIN3O4/c1-17-19(5-4-6-23(17)31)13-20-14-26(37)34(2)28-27(20)29(38)35(16-18-7-10-22(40-3)11-8-18)30(39)36(28)25-12-9-21(33)15-24(25)32/h4-12,14-15H,13,16H2,1-3H3. The van der Waals surface area contributed by atoms with E-state index in [2.05, 4.69) is 0 Å². The van der Waals surface area contributed by atoms with Gasteiger partial charge in [0.25, 0.3) is 11.1 Å². The van der Waals surface area contributed by atoms with Gasteiger partial charge in [0.05, 0.1) is 24.7 Å². The van der Waals surface area contributed by atoms with E-state index in [1.807, 2.05) is 35.6 Å². The molecule has 7 nitrogen and oxygen atoms in total. The Bertz CT molecular complexity index is 1960. The monoisotopic (exact) mass is 671 g/mol. The minimum absolute atomic E-state index is 0.0169. The zero-order chi connectivity index (χ0) is 28.7. The quantitative estimate of drug-likeness (QED) is 0.233. The van der Waals surface area contributed by atoms with E-state index in [1.165, 1.54) is 29.8 Å². The van der Waals surface area contributed by atoms with Gasteiger partial charge in [-0.1, -0.05) is 35.9 Å². The summed E-state index contributed by atoms with van der Waals surface area (Å²) >= 11 is 8.33. The highest BCUT2D eigenvalue weighted by Gasteiger charge is 2.23. The zero-order valence-corrected chi connectivity index (χ0v) is 24.8. The number of hydrogen-bond acceptors (Lipinski definition) is 4. The number of hydrogen-bond donors (Lipinski definition) is 0. The van der Waals surface area contributed by atoms with Crippen LogP contribution in [-0.4, -0.2) is 20.8 Å². The van der Waals surface area contributed by atoms with Crippen molar-refractivity contribution in [3.8, 4) is 11.4 Å². The second-order valence-electron chi connectivity index (χ2n) is 9.42. The fraction of sp³-hybridized carbons (Fsp3) is 0.167. The van der Waals surface area contributed by atoms with Crippen LogP contribution in [0.1, 0.15) is 22.3 Å². The molecule has 2 aromatic heterocycles. The molecule has 0 aliphatic rings. The highest BCUT2D eigenvalue weighted by atomic mass is 127. The van der Waals surface area contributed by atoms with E-state index in [0.717, 1.165) is 20.3 Å². The number of aryl methyl sites for hydroxylation is 1. The molecular formula is C30H24ClFIN3O4. The van der Waals surface area contributed by atoms with Gasteiger partial charge in [-0.2, -0.15) is 0 Å². The van der Waals surface area contributed by atoms with E-state index >= 15 is 4.39 Å². The Balaban J connectivity index is 1.88. The summed E-state index contributed by atoms with van der Waals surface area (Å²) in [7, 11) is 3.01. The summed E-state index contributed by atoms with van der Waals surface area (Å²) in [5.41, 5.74) is 0.891.